The molecule has 0 aliphatic heterocycles. The highest BCUT2D eigenvalue weighted by Gasteiger charge is 2.21. The summed E-state index contributed by atoms with van der Waals surface area (Å²) in [6.07, 6.45) is 0. The normalized spacial score (nSPS) is 11.7. The summed E-state index contributed by atoms with van der Waals surface area (Å²) in [4.78, 5) is 7.20. The number of fused-ring (bicyclic) bond motifs is 8. The Bertz CT molecular complexity index is 3140. The van der Waals surface area contributed by atoms with Gasteiger partial charge in [-0.15, -0.1) is 11.3 Å². The number of thiophene rings is 1. The Balaban J connectivity index is 1.04. The number of para-hydroxylation sites is 1. The van der Waals surface area contributed by atoms with Gasteiger partial charge in [-0.1, -0.05) is 115 Å². The topological polar surface area (TPSA) is 42.4 Å². The lowest BCUT2D eigenvalue weighted by atomic mass is 10.0. The average Bonchev–Trinajstić information content (AvgIpc) is 3.96. The van der Waals surface area contributed by atoms with Crippen LogP contribution in [-0.4, -0.2) is 4.98 Å². The summed E-state index contributed by atoms with van der Waals surface area (Å²) in [5.74, 6) is 0.601. The molecule has 0 fully saturated rings. The first-order chi connectivity index (χ1) is 26.8. The fourth-order valence-corrected chi connectivity index (χ4v) is 8.92. The van der Waals surface area contributed by atoms with Crippen LogP contribution < -0.4 is 4.90 Å². The van der Waals surface area contributed by atoms with Gasteiger partial charge in [0.1, 0.15) is 16.7 Å². The highest BCUT2D eigenvalue weighted by molar-refractivity contribution is 7.26. The van der Waals surface area contributed by atoms with Crippen molar-refractivity contribution in [1.29, 1.82) is 0 Å². The molecule has 5 heteroatoms. The monoisotopic (exact) mass is 710 g/mol. The standard InChI is InChI=1S/C49H30N2O2S/c1-3-11-31(12-4-1)32-21-25-35(26-22-32)51(41-18-10-20-44-45(41)38-15-7-8-19-43(38)54-44)36-27-23-33(24-28-36)37-16-9-17-39-46-42(52-47(37)39)30-29-40-48(46)53-49(50-40)34-13-5-2-6-14-34/h1-30H. The van der Waals surface area contributed by atoms with E-state index in [4.69, 9.17) is 13.8 Å². The molecule has 0 bridgehead atoms. The Morgan fingerprint density at radius 3 is 1.83 bits per heavy atom. The van der Waals surface area contributed by atoms with Gasteiger partial charge in [0.2, 0.25) is 5.89 Å². The molecule has 0 saturated carbocycles. The van der Waals surface area contributed by atoms with Crippen molar-refractivity contribution in [3.63, 3.8) is 0 Å². The maximum absolute atomic E-state index is 6.61. The molecule has 3 aromatic heterocycles. The van der Waals surface area contributed by atoms with Gasteiger partial charge in [0.15, 0.2) is 5.58 Å². The van der Waals surface area contributed by atoms with Crippen LogP contribution in [0.3, 0.4) is 0 Å². The fourth-order valence-electron chi connectivity index (χ4n) is 7.79. The van der Waals surface area contributed by atoms with Crippen LogP contribution in [-0.2, 0) is 0 Å². The van der Waals surface area contributed by atoms with Gasteiger partial charge in [-0.05, 0) is 83.4 Å². The van der Waals surface area contributed by atoms with Gasteiger partial charge in [0.25, 0.3) is 0 Å². The van der Waals surface area contributed by atoms with Crippen LogP contribution in [0.4, 0.5) is 17.1 Å². The third-order valence-electron chi connectivity index (χ3n) is 10.3. The first-order valence-corrected chi connectivity index (χ1v) is 18.8. The zero-order valence-corrected chi connectivity index (χ0v) is 29.8. The predicted molar refractivity (Wildman–Crippen MR) is 225 cm³/mol. The van der Waals surface area contributed by atoms with Gasteiger partial charge in [-0.3, -0.25) is 0 Å². The smallest absolute Gasteiger partial charge is 0.227 e. The Morgan fingerprint density at radius 2 is 1.06 bits per heavy atom. The second-order valence-electron chi connectivity index (χ2n) is 13.5. The first kappa shape index (κ1) is 30.7. The van der Waals surface area contributed by atoms with Gasteiger partial charge in [-0.2, -0.15) is 0 Å². The zero-order chi connectivity index (χ0) is 35.6. The third kappa shape index (κ3) is 4.94. The van der Waals surface area contributed by atoms with Crippen LogP contribution >= 0.6 is 11.3 Å². The number of anilines is 3. The number of oxazole rings is 1. The summed E-state index contributed by atoms with van der Waals surface area (Å²) < 4.78 is 15.6. The second kappa shape index (κ2) is 12.3. The molecular formula is C49H30N2O2S. The summed E-state index contributed by atoms with van der Waals surface area (Å²) in [5, 5.41) is 4.47. The molecule has 11 rings (SSSR count). The molecule has 0 spiro atoms. The minimum atomic E-state index is 0.601. The molecule has 8 aromatic carbocycles. The van der Waals surface area contributed by atoms with Crippen LogP contribution in [0.1, 0.15) is 0 Å². The molecule has 0 amide bonds. The molecule has 54 heavy (non-hydrogen) atoms. The number of hydrogen-bond donors (Lipinski definition) is 0. The highest BCUT2D eigenvalue weighted by Crippen LogP contribution is 2.46. The Kier molecular flexibility index (Phi) is 7.00. The SMILES string of the molecule is c1ccc(-c2ccc(N(c3ccc(-c4cccc5c4oc4ccc6nc(-c7ccccc7)oc6c45)cc3)c3cccc4sc5ccccc5c34)cc2)cc1. The number of benzene rings is 8. The first-order valence-electron chi connectivity index (χ1n) is 18.0. The van der Waals surface area contributed by atoms with Crippen molar-refractivity contribution in [2.75, 3.05) is 4.90 Å². The average molecular weight is 711 g/mol. The van der Waals surface area contributed by atoms with E-state index in [9.17, 15) is 0 Å². The van der Waals surface area contributed by atoms with Crippen LogP contribution in [0, 0.1) is 0 Å². The van der Waals surface area contributed by atoms with Crippen molar-refractivity contribution in [3.05, 3.63) is 182 Å². The van der Waals surface area contributed by atoms with Crippen molar-refractivity contribution in [1.82, 2.24) is 4.98 Å². The number of nitrogens with zero attached hydrogens (tertiary/aromatic N) is 2. The van der Waals surface area contributed by atoms with Crippen molar-refractivity contribution >= 4 is 81.6 Å². The molecule has 0 unspecified atom stereocenters. The number of aromatic nitrogens is 1. The van der Waals surface area contributed by atoms with E-state index < -0.39 is 0 Å². The lowest BCUT2D eigenvalue weighted by molar-refractivity contribution is 0.622. The van der Waals surface area contributed by atoms with Gasteiger partial charge >= 0.3 is 0 Å². The molecule has 254 valence electrons. The molecule has 0 radical (unpaired) electrons. The predicted octanol–water partition coefficient (Wildman–Crippen LogP) is 14.6. The maximum Gasteiger partial charge on any atom is 0.227 e. The molecule has 0 N–H and O–H groups in total. The summed E-state index contributed by atoms with van der Waals surface area (Å²) >= 11 is 1.84. The van der Waals surface area contributed by atoms with E-state index in [2.05, 4.69) is 144 Å². The van der Waals surface area contributed by atoms with Crippen molar-refractivity contribution in [2.45, 2.75) is 0 Å². The zero-order valence-electron chi connectivity index (χ0n) is 28.9. The second-order valence-corrected chi connectivity index (χ2v) is 14.6. The van der Waals surface area contributed by atoms with E-state index >= 15 is 0 Å². The Hall–Kier alpha value is -6.95. The molecule has 0 aliphatic rings. The van der Waals surface area contributed by atoms with Crippen LogP contribution in [0.5, 0.6) is 0 Å². The van der Waals surface area contributed by atoms with Crippen molar-refractivity contribution in [2.24, 2.45) is 0 Å². The number of furan rings is 1. The largest absolute Gasteiger partial charge is 0.455 e. The Morgan fingerprint density at radius 1 is 0.426 bits per heavy atom. The van der Waals surface area contributed by atoms with Gasteiger partial charge in [0.05, 0.1) is 11.1 Å². The number of rotatable bonds is 6. The highest BCUT2D eigenvalue weighted by atomic mass is 32.1. The molecule has 11 aromatic rings. The molecule has 4 nitrogen and oxygen atoms in total. The van der Waals surface area contributed by atoms with Crippen molar-refractivity contribution in [3.8, 4) is 33.7 Å². The van der Waals surface area contributed by atoms with Crippen LogP contribution in [0.25, 0.3) is 86.9 Å². The fraction of sp³-hybridized carbons (Fsp3) is 0. The quantitative estimate of drug-likeness (QED) is 0.172. The van der Waals surface area contributed by atoms with Gasteiger partial charge in [0, 0.05) is 48.1 Å². The summed E-state index contributed by atoms with van der Waals surface area (Å²) in [6, 6.07) is 63.9. The molecule has 3 heterocycles. The van der Waals surface area contributed by atoms with E-state index in [1.54, 1.807) is 0 Å². The molecule has 0 aliphatic carbocycles. The van der Waals surface area contributed by atoms with E-state index in [0.717, 1.165) is 66.8 Å². The van der Waals surface area contributed by atoms with Gasteiger partial charge in [-0.25, -0.2) is 4.98 Å². The van der Waals surface area contributed by atoms with E-state index in [1.165, 1.54) is 31.3 Å². The number of hydrogen-bond acceptors (Lipinski definition) is 5. The van der Waals surface area contributed by atoms with Crippen LogP contribution in [0.2, 0.25) is 0 Å². The minimum Gasteiger partial charge on any atom is -0.455 e. The summed E-state index contributed by atoms with van der Waals surface area (Å²) in [5.41, 5.74) is 11.9. The minimum absolute atomic E-state index is 0.601. The van der Waals surface area contributed by atoms with E-state index in [1.807, 2.05) is 53.8 Å². The molecular weight excluding hydrogens is 681 g/mol. The Labute approximate surface area is 314 Å². The van der Waals surface area contributed by atoms with E-state index in [0.29, 0.717) is 5.89 Å². The van der Waals surface area contributed by atoms with Crippen LogP contribution in [0.15, 0.2) is 191 Å². The molecule has 0 saturated heterocycles. The maximum atomic E-state index is 6.61. The summed E-state index contributed by atoms with van der Waals surface area (Å²) in [7, 11) is 0. The van der Waals surface area contributed by atoms with E-state index in [-0.39, 0.29) is 0 Å². The lowest BCUT2D eigenvalue weighted by Gasteiger charge is -2.27. The summed E-state index contributed by atoms with van der Waals surface area (Å²) in [6.45, 7) is 0. The van der Waals surface area contributed by atoms with Crippen molar-refractivity contribution < 1.29 is 8.83 Å². The third-order valence-corrected chi connectivity index (χ3v) is 11.5. The molecule has 0 atom stereocenters. The van der Waals surface area contributed by atoms with Gasteiger partial charge < -0.3 is 13.7 Å². The lowest BCUT2D eigenvalue weighted by Crippen LogP contribution is -2.10.